The first-order valence-corrected chi connectivity index (χ1v) is 8.21. The summed E-state index contributed by atoms with van der Waals surface area (Å²) in [4.78, 5) is 0. The SMILES string of the molecule is CCC(CSC)NC(C)c1cc(C)c(C)cc1C. The average Bonchev–Trinajstić information content (AvgIpc) is 2.33. The Balaban J connectivity index is 2.83. The van der Waals surface area contributed by atoms with Crippen molar-refractivity contribution in [1.82, 2.24) is 5.32 Å². The van der Waals surface area contributed by atoms with Crippen LogP contribution in [0.1, 0.15) is 48.6 Å². The Bertz CT molecular complexity index is 387. The standard InChI is InChI=1S/C16H27NS/c1-7-15(10-18-6)17-14(5)16-9-12(3)11(2)8-13(16)4/h8-9,14-15,17H,7,10H2,1-6H3. The van der Waals surface area contributed by atoms with Crippen molar-refractivity contribution in [3.05, 3.63) is 34.4 Å². The minimum Gasteiger partial charge on any atom is -0.307 e. The van der Waals surface area contributed by atoms with Crippen molar-refractivity contribution in [2.24, 2.45) is 0 Å². The van der Waals surface area contributed by atoms with Gasteiger partial charge in [-0.3, -0.25) is 0 Å². The zero-order valence-electron chi connectivity index (χ0n) is 12.6. The van der Waals surface area contributed by atoms with Crippen molar-refractivity contribution in [3.8, 4) is 0 Å². The van der Waals surface area contributed by atoms with Crippen molar-refractivity contribution in [3.63, 3.8) is 0 Å². The predicted molar refractivity (Wildman–Crippen MR) is 84.7 cm³/mol. The highest BCUT2D eigenvalue weighted by atomic mass is 32.2. The molecule has 0 fully saturated rings. The molecule has 0 aliphatic carbocycles. The monoisotopic (exact) mass is 265 g/mol. The van der Waals surface area contributed by atoms with Gasteiger partial charge in [0.25, 0.3) is 0 Å². The van der Waals surface area contributed by atoms with Gasteiger partial charge < -0.3 is 5.32 Å². The number of hydrogen-bond acceptors (Lipinski definition) is 2. The molecule has 0 saturated heterocycles. The van der Waals surface area contributed by atoms with Gasteiger partial charge in [0.2, 0.25) is 0 Å². The van der Waals surface area contributed by atoms with Crippen molar-refractivity contribution < 1.29 is 0 Å². The summed E-state index contributed by atoms with van der Waals surface area (Å²) in [6.45, 7) is 11.1. The van der Waals surface area contributed by atoms with Crippen molar-refractivity contribution in [2.45, 2.75) is 53.1 Å². The summed E-state index contributed by atoms with van der Waals surface area (Å²) < 4.78 is 0. The average molecular weight is 265 g/mol. The van der Waals surface area contributed by atoms with Gasteiger partial charge in [-0.25, -0.2) is 0 Å². The van der Waals surface area contributed by atoms with E-state index in [1.54, 1.807) is 0 Å². The molecular formula is C16H27NS. The summed E-state index contributed by atoms with van der Waals surface area (Å²) in [5.41, 5.74) is 5.62. The number of benzene rings is 1. The summed E-state index contributed by atoms with van der Waals surface area (Å²) in [6.07, 6.45) is 3.37. The highest BCUT2D eigenvalue weighted by molar-refractivity contribution is 7.98. The lowest BCUT2D eigenvalue weighted by Gasteiger charge is -2.24. The van der Waals surface area contributed by atoms with Gasteiger partial charge in [-0.15, -0.1) is 0 Å². The van der Waals surface area contributed by atoms with Crippen LogP contribution in [0.4, 0.5) is 0 Å². The maximum Gasteiger partial charge on any atom is 0.0297 e. The van der Waals surface area contributed by atoms with Gasteiger partial charge in [0, 0.05) is 17.8 Å². The van der Waals surface area contributed by atoms with Gasteiger partial charge in [-0.05, 0) is 62.6 Å². The minimum atomic E-state index is 0.432. The van der Waals surface area contributed by atoms with Crippen molar-refractivity contribution in [1.29, 1.82) is 0 Å². The van der Waals surface area contributed by atoms with E-state index in [9.17, 15) is 0 Å². The van der Waals surface area contributed by atoms with E-state index in [0.29, 0.717) is 12.1 Å². The van der Waals surface area contributed by atoms with E-state index in [1.807, 2.05) is 11.8 Å². The lowest BCUT2D eigenvalue weighted by Crippen LogP contribution is -2.33. The Morgan fingerprint density at radius 1 is 1.11 bits per heavy atom. The fourth-order valence-corrected chi connectivity index (χ4v) is 3.11. The third kappa shape index (κ3) is 4.03. The molecule has 0 amide bonds. The normalized spacial score (nSPS) is 14.6. The van der Waals surface area contributed by atoms with Crippen LogP contribution in [0.15, 0.2) is 12.1 Å². The molecule has 0 aromatic heterocycles. The molecule has 0 spiro atoms. The Morgan fingerprint density at radius 2 is 1.72 bits per heavy atom. The van der Waals surface area contributed by atoms with E-state index in [4.69, 9.17) is 0 Å². The van der Waals surface area contributed by atoms with Crippen LogP contribution in [0.2, 0.25) is 0 Å². The van der Waals surface area contributed by atoms with Crippen LogP contribution in [-0.2, 0) is 0 Å². The number of thioether (sulfide) groups is 1. The summed E-state index contributed by atoms with van der Waals surface area (Å²) in [5, 5.41) is 3.75. The molecule has 1 N–H and O–H groups in total. The molecule has 1 aromatic carbocycles. The molecule has 2 atom stereocenters. The van der Waals surface area contributed by atoms with Gasteiger partial charge in [-0.2, -0.15) is 11.8 Å². The molecule has 0 radical (unpaired) electrons. The molecule has 0 heterocycles. The Kier molecular flexibility index (Phi) is 6.24. The molecule has 18 heavy (non-hydrogen) atoms. The molecule has 2 unspecified atom stereocenters. The molecule has 1 rings (SSSR count). The molecule has 0 aliphatic heterocycles. The van der Waals surface area contributed by atoms with E-state index in [0.717, 1.165) is 0 Å². The topological polar surface area (TPSA) is 12.0 Å². The Labute approximate surface area is 117 Å². The fourth-order valence-electron chi connectivity index (χ4n) is 2.38. The largest absolute Gasteiger partial charge is 0.307 e. The molecule has 0 aliphatic rings. The van der Waals surface area contributed by atoms with Crippen LogP contribution in [-0.4, -0.2) is 18.1 Å². The fraction of sp³-hybridized carbons (Fsp3) is 0.625. The van der Waals surface area contributed by atoms with Crippen LogP contribution < -0.4 is 5.32 Å². The van der Waals surface area contributed by atoms with E-state index in [-0.39, 0.29) is 0 Å². The lowest BCUT2D eigenvalue weighted by atomic mass is 9.96. The summed E-state index contributed by atoms with van der Waals surface area (Å²) in [7, 11) is 0. The van der Waals surface area contributed by atoms with Crippen LogP contribution in [0.5, 0.6) is 0 Å². The second-order valence-corrected chi connectivity index (χ2v) is 6.15. The highest BCUT2D eigenvalue weighted by Gasteiger charge is 2.13. The molecule has 1 nitrogen and oxygen atoms in total. The molecule has 1 aromatic rings. The predicted octanol–water partition coefficient (Wildman–Crippen LogP) is 4.40. The summed E-state index contributed by atoms with van der Waals surface area (Å²) >= 11 is 1.92. The lowest BCUT2D eigenvalue weighted by molar-refractivity contribution is 0.473. The molecule has 2 heteroatoms. The van der Waals surface area contributed by atoms with Crippen molar-refractivity contribution >= 4 is 11.8 Å². The van der Waals surface area contributed by atoms with E-state index < -0.39 is 0 Å². The zero-order valence-corrected chi connectivity index (χ0v) is 13.4. The smallest absolute Gasteiger partial charge is 0.0297 e. The molecular weight excluding hydrogens is 238 g/mol. The zero-order chi connectivity index (χ0) is 13.7. The second kappa shape index (κ2) is 7.20. The third-order valence-corrected chi connectivity index (χ3v) is 4.43. The first-order valence-electron chi connectivity index (χ1n) is 6.82. The maximum atomic E-state index is 3.75. The van der Waals surface area contributed by atoms with Crippen molar-refractivity contribution in [2.75, 3.05) is 12.0 Å². The van der Waals surface area contributed by atoms with Gasteiger partial charge in [0.1, 0.15) is 0 Å². The van der Waals surface area contributed by atoms with Crippen LogP contribution in [0.3, 0.4) is 0 Å². The minimum absolute atomic E-state index is 0.432. The molecule has 0 saturated carbocycles. The third-order valence-electron chi connectivity index (χ3n) is 3.70. The first-order chi connectivity index (χ1) is 8.49. The second-order valence-electron chi connectivity index (χ2n) is 5.24. The first kappa shape index (κ1) is 15.6. The number of rotatable bonds is 6. The van der Waals surface area contributed by atoms with Gasteiger partial charge in [-0.1, -0.05) is 19.1 Å². The summed E-state index contributed by atoms with van der Waals surface area (Å²) in [5.74, 6) is 1.19. The highest BCUT2D eigenvalue weighted by Crippen LogP contribution is 2.22. The molecule has 102 valence electrons. The van der Waals surface area contributed by atoms with Gasteiger partial charge >= 0.3 is 0 Å². The number of aryl methyl sites for hydroxylation is 3. The number of hydrogen-bond donors (Lipinski definition) is 1. The van der Waals surface area contributed by atoms with Crippen LogP contribution in [0, 0.1) is 20.8 Å². The van der Waals surface area contributed by atoms with E-state index >= 15 is 0 Å². The van der Waals surface area contributed by atoms with E-state index in [2.05, 4.69) is 58.3 Å². The quantitative estimate of drug-likeness (QED) is 0.818. The molecule has 0 bridgehead atoms. The number of nitrogens with one attached hydrogen (secondary N) is 1. The van der Waals surface area contributed by atoms with Crippen LogP contribution in [0.25, 0.3) is 0 Å². The van der Waals surface area contributed by atoms with Gasteiger partial charge in [0.15, 0.2) is 0 Å². The Hall–Kier alpha value is -0.470. The Morgan fingerprint density at radius 3 is 2.28 bits per heavy atom. The maximum absolute atomic E-state index is 3.75. The summed E-state index contributed by atoms with van der Waals surface area (Å²) in [6, 6.07) is 5.68. The van der Waals surface area contributed by atoms with Crippen LogP contribution >= 0.6 is 11.8 Å². The van der Waals surface area contributed by atoms with E-state index in [1.165, 1.54) is 34.4 Å². The van der Waals surface area contributed by atoms with Gasteiger partial charge in [0.05, 0.1) is 0 Å².